The average molecular weight is 447 g/mol. The van der Waals surface area contributed by atoms with Gasteiger partial charge in [0.2, 0.25) is 0 Å². The number of rotatable bonds is 3. The van der Waals surface area contributed by atoms with Gasteiger partial charge in [0.1, 0.15) is 22.1 Å². The maximum absolute atomic E-state index is 11.9. The molecule has 1 aliphatic rings. The van der Waals surface area contributed by atoms with Gasteiger partial charge in [-0.25, -0.2) is 9.59 Å². The van der Waals surface area contributed by atoms with Gasteiger partial charge in [-0.1, -0.05) is 47.5 Å². The van der Waals surface area contributed by atoms with Gasteiger partial charge < -0.3 is 25.2 Å². The molecule has 1 heterocycles. The molecule has 4 N–H and O–H groups in total. The highest BCUT2D eigenvalue weighted by Gasteiger charge is 2.39. The normalized spacial score (nSPS) is 14.4. The van der Waals surface area contributed by atoms with Crippen molar-refractivity contribution in [2.45, 2.75) is 5.92 Å². The summed E-state index contributed by atoms with van der Waals surface area (Å²) >= 11 is 12.5. The molecule has 152 valence electrons. The van der Waals surface area contributed by atoms with Crippen LogP contribution in [0.5, 0.6) is 23.0 Å². The second-order valence-electron chi connectivity index (χ2n) is 6.55. The van der Waals surface area contributed by atoms with Crippen LogP contribution in [0, 0.1) is 0 Å². The van der Waals surface area contributed by atoms with Gasteiger partial charge in [-0.3, -0.25) is 0 Å². The Morgan fingerprint density at radius 2 is 1.60 bits per heavy atom. The highest BCUT2D eigenvalue weighted by Crippen LogP contribution is 2.56. The maximum atomic E-state index is 11.9. The molecule has 0 saturated carbocycles. The van der Waals surface area contributed by atoms with Gasteiger partial charge in [-0.05, 0) is 17.7 Å². The molecule has 7 nitrogen and oxygen atoms in total. The highest BCUT2D eigenvalue weighted by molar-refractivity contribution is 6.44. The lowest BCUT2D eigenvalue weighted by Gasteiger charge is -2.31. The van der Waals surface area contributed by atoms with Crippen molar-refractivity contribution < 1.29 is 34.8 Å². The molecular formula is C21H12Cl2O7. The molecule has 30 heavy (non-hydrogen) atoms. The maximum Gasteiger partial charge on any atom is 0.343 e. The zero-order valence-electron chi connectivity index (χ0n) is 14.9. The van der Waals surface area contributed by atoms with Crippen molar-refractivity contribution in [1.29, 1.82) is 0 Å². The Morgan fingerprint density at radius 3 is 2.27 bits per heavy atom. The van der Waals surface area contributed by atoms with E-state index in [1.165, 1.54) is 24.3 Å². The molecule has 0 spiro atoms. The van der Waals surface area contributed by atoms with Crippen molar-refractivity contribution in [1.82, 2.24) is 0 Å². The zero-order valence-corrected chi connectivity index (χ0v) is 16.4. The van der Waals surface area contributed by atoms with E-state index >= 15 is 0 Å². The number of aromatic hydroxyl groups is 2. The number of hydrogen-bond donors (Lipinski definition) is 4. The van der Waals surface area contributed by atoms with Crippen molar-refractivity contribution in [3.05, 3.63) is 80.3 Å². The summed E-state index contributed by atoms with van der Waals surface area (Å²) in [5.74, 6) is -4.72. The molecule has 0 fully saturated rings. The minimum Gasteiger partial charge on any atom is -0.508 e. The largest absolute Gasteiger partial charge is 0.508 e. The number of halogens is 2. The Bertz CT molecular complexity index is 1240. The zero-order chi connectivity index (χ0) is 21.7. The standard InChI is InChI=1S/C21H12Cl2O7/c22-16-14-13(9-3-1-2-4-10(9)20(26)27)11-6-5-8(24)7-12(11)30-19(14)15(21(28)29)18(25)17(16)23/h1-7,13,24-25H,(H,26,27)(H,28,29). The van der Waals surface area contributed by atoms with Crippen molar-refractivity contribution in [3.63, 3.8) is 0 Å². The van der Waals surface area contributed by atoms with E-state index in [0.29, 0.717) is 11.1 Å². The summed E-state index contributed by atoms with van der Waals surface area (Å²) in [6.07, 6.45) is 0. The van der Waals surface area contributed by atoms with E-state index in [-0.39, 0.29) is 33.4 Å². The van der Waals surface area contributed by atoms with E-state index in [1.54, 1.807) is 18.2 Å². The van der Waals surface area contributed by atoms with Crippen molar-refractivity contribution >= 4 is 35.1 Å². The van der Waals surface area contributed by atoms with Crippen LogP contribution in [0.3, 0.4) is 0 Å². The smallest absolute Gasteiger partial charge is 0.343 e. The molecule has 1 atom stereocenters. The molecule has 9 heteroatoms. The number of aromatic carboxylic acids is 2. The fraction of sp³-hybridized carbons (Fsp3) is 0.0476. The predicted molar refractivity (Wildman–Crippen MR) is 108 cm³/mol. The van der Waals surface area contributed by atoms with Gasteiger partial charge >= 0.3 is 11.9 Å². The van der Waals surface area contributed by atoms with E-state index in [9.17, 15) is 30.0 Å². The Balaban J connectivity index is 2.16. The number of ether oxygens (including phenoxy) is 1. The molecule has 3 aromatic carbocycles. The summed E-state index contributed by atoms with van der Waals surface area (Å²) in [6.45, 7) is 0. The Hall–Kier alpha value is -3.42. The molecule has 4 rings (SSSR count). The molecule has 0 saturated heterocycles. The number of fused-ring (bicyclic) bond motifs is 2. The van der Waals surface area contributed by atoms with Gasteiger partial charge in [0.15, 0.2) is 11.5 Å². The van der Waals surface area contributed by atoms with Gasteiger partial charge in [0.25, 0.3) is 0 Å². The van der Waals surface area contributed by atoms with E-state index < -0.39 is 34.2 Å². The first kappa shape index (κ1) is 19.9. The molecule has 0 aliphatic carbocycles. The first-order valence-electron chi connectivity index (χ1n) is 8.52. The topological polar surface area (TPSA) is 124 Å². The Morgan fingerprint density at radius 1 is 0.900 bits per heavy atom. The first-order valence-corrected chi connectivity index (χ1v) is 9.28. The average Bonchev–Trinajstić information content (AvgIpc) is 2.70. The lowest BCUT2D eigenvalue weighted by molar-refractivity contribution is 0.0680. The van der Waals surface area contributed by atoms with Crippen LogP contribution in [-0.2, 0) is 0 Å². The van der Waals surface area contributed by atoms with E-state index in [1.807, 2.05) is 0 Å². The second kappa shape index (κ2) is 7.12. The lowest BCUT2D eigenvalue weighted by atomic mass is 9.79. The number of phenolic OH excluding ortho intramolecular Hbond substituents is 1. The number of carboxylic acids is 2. The summed E-state index contributed by atoms with van der Waals surface area (Å²) in [5.41, 5.74) is 0.192. The molecule has 0 bridgehead atoms. The summed E-state index contributed by atoms with van der Waals surface area (Å²) < 4.78 is 5.73. The third-order valence-corrected chi connectivity index (χ3v) is 5.73. The van der Waals surface area contributed by atoms with E-state index in [4.69, 9.17) is 27.9 Å². The number of benzene rings is 3. The van der Waals surface area contributed by atoms with Gasteiger partial charge in [0, 0.05) is 23.1 Å². The monoisotopic (exact) mass is 446 g/mol. The van der Waals surface area contributed by atoms with Crippen LogP contribution in [0.2, 0.25) is 10.0 Å². The number of hydrogen-bond acceptors (Lipinski definition) is 5. The van der Waals surface area contributed by atoms with Crippen LogP contribution in [0.1, 0.15) is 43.3 Å². The SMILES string of the molecule is O=C(O)c1ccccc1C1c2ccc(O)cc2Oc2c(C(=O)O)c(O)c(Cl)c(Cl)c21. The van der Waals surface area contributed by atoms with E-state index in [0.717, 1.165) is 0 Å². The summed E-state index contributed by atoms with van der Waals surface area (Å²) in [6, 6.07) is 10.3. The van der Waals surface area contributed by atoms with Crippen LogP contribution < -0.4 is 4.74 Å². The highest BCUT2D eigenvalue weighted by atomic mass is 35.5. The molecular weight excluding hydrogens is 435 g/mol. The van der Waals surface area contributed by atoms with Crippen LogP contribution in [-0.4, -0.2) is 32.4 Å². The molecule has 3 aromatic rings. The quantitative estimate of drug-likeness (QED) is 0.345. The van der Waals surface area contributed by atoms with Crippen LogP contribution in [0.25, 0.3) is 0 Å². The Labute approximate surface area is 179 Å². The van der Waals surface area contributed by atoms with Crippen LogP contribution >= 0.6 is 23.2 Å². The van der Waals surface area contributed by atoms with Crippen molar-refractivity contribution in [3.8, 4) is 23.0 Å². The molecule has 0 aromatic heterocycles. The fourth-order valence-electron chi connectivity index (χ4n) is 3.62. The van der Waals surface area contributed by atoms with Crippen molar-refractivity contribution in [2.24, 2.45) is 0 Å². The number of carboxylic acid groups (broad SMARTS) is 2. The number of carbonyl (C=O) groups is 2. The second-order valence-corrected chi connectivity index (χ2v) is 7.31. The molecule has 1 aliphatic heterocycles. The third kappa shape index (κ3) is 2.91. The van der Waals surface area contributed by atoms with Gasteiger partial charge in [-0.15, -0.1) is 0 Å². The molecule has 0 radical (unpaired) electrons. The van der Waals surface area contributed by atoms with Crippen LogP contribution in [0.4, 0.5) is 0 Å². The molecule has 0 amide bonds. The predicted octanol–water partition coefficient (Wildman–Crippen LogP) is 5.09. The van der Waals surface area contributed by atoms with Crippen molar-refractivity contribution in [2.75, 3.05) is 0 Å². The van der Waals surface area contributed by atoms with E-state index in [2.05, 4.69) is 0 Å². The van der Waals surface area contributed by atoms with Gasteiger partial charge in [0.05, 0.1) is 10.6 Å². The third-order valence-electron chi connectivity index (χ3n) is 4.87. The first-order chi connectivity index (χ1) is 14.2. The summed E-state index contributed by atoms with van der Waals surface area (Å²) in [7, 11) is 0. The lowest BCUT2D eigenvalue weighted by Crippen LogP contribution is -2.18. The minimum atomic E-state index is -1.52. The molecule has 1 unspecified atom stereocenters. The number of phenols is 2. The Kier molecular flexibility index (Phi) is 4.72. The van der Waals surface area contributed by atoms with Crippen LogP contribution in [0.15, 0.2) is 42.5 Å². The van der Waals surface area contributed by atoms with Gasteiger partial charge in [-0.2, -0.15) is 0 Å². The summed E-state index contributed by atoms with van der Waals surface area (Å²) in [5, 5.41) is 38.9. The minimum absolute atomic E-state index is 0.0356. The summed E-state index contributed by atoms with van der Waals surface area (Å²) in [4.78, 5) is 23.7. The fourth-order valence-corrected chi connectivity index (χ4v) is 4.10.